The van der Waals surface area contributed by atoms with Gasteiger partial charge in [0, 0.05) is 19.7 Å². The van der Waals surface area contributed by atoms with Crippen molar-refractivity contribution < 1.29 is 13.9 Å². The molecule has 0 radical (unpaired) electrons. The zero-order valence-corrected chi connectivity index (χ0v) is 13.1. The molecule has 1 aliphatic rings. The van der Waals surface area contributed by atoms with Crippen LogP contribution in [0.5, 0.6) is 0 Å². The van der Waals surface area contributed by atoms with Gasteiger partial charge in [-0.05, 0) is 32.8 Å². The Kier molecular flexibility index (Phi) is 4.02. The standard InChI is InChI=1S/C16H21N3O3/c1-10-6-13(11(2)22-10)16(20)18-12-4-5-21-15(7-12)14-8-17-9-19(14)3/h6,8-9,12,15H,4-5,7H2,1-3H3,(H,18,20)/t12-,15-/m1/s1. The number of amides is 1. The summed E-state index contributed by atoms with van der Waals surface area (Å²) in [6, 6.07) is 1.87. The Labute approximate surface area is 129 Å². The van der Waals surface area contributed by atoms with Crippen LogP contribution in [0.4, 0.5) is 0 Å². The molecule has 22 heavy (non-hydrogen) atoms. The van der Waals surface area contributed by atoms with Crippen LogP contribution in [-0.4, -0.2) is 28.1 Å². The smallest absolute Gasteiger partial charge is 0.255 e. The predicted molar refractivity (Wildman–Crippen MR) is 80.6 cm³/mol. The highest BCUT2D eigenvalue weighted by Gasteiger charge is 2.27. The molecule has 0 aromatic carbocycles. The van der Waals surface area contributed by atoms with E-state index in [1.54, 1.807) is 12.4 Å². The Balaban J connectivity index is 1.67. The van der Waals surface area contributed by atoms with Crippen LogP contribution in [0.1, 0.15) is 46.5 Å². The van der Waals surface area contributed by atoms with Crippen LogP contribution in [-0.2, 0) is 11.8 Å². The maximum Gasteiger partial charge on any atom is 0.255 e. The Morgan fingerprint density at radius 3 is 2.91 bits per heavy atom. The highest BCUT2D eigenvalue weighted by atomic mass is 16.5. The van der Waals surface area contributed by atoms with Crippen molar-refractivity contribution in [2.24, 2.45) is 7.05 Å². The molecule has 1 fully saturated rings. The van der Waals surface area contributed by atoms with Crippen LogP contribution in [0.2, 0.25) is 0 Å². The number of nitrogens with zero attached hydrogens (tertiary/aromatic N) is 2. The molecular weight excluding hydrogens is 282 g/mol. The lowest BCUT2D eigenvalue weighted by Crippen LogP contribution is -2.40. The summed E-state index contributed by atoms with van der Waals surface area (Å²) in [5.41, 5.74) is 1.65. The molecule has 0 bridgehead atoms. The van der Waals surface area contributed by atoms with E-state index in [4.69, 9.17) is 9.15 Å². The summed E-state index contributed by atoms with van der Waals surface area (Å²) in [6.45, 7) is 4.28. The number of ether oxygens (including phenoxy) is 1. The normalized spacial score (nSPS) is 21.8. The summed E-state index contributed by atoms with van der Waals surface area (Å²) in [5.74, 6) is 1.33. The summed E-state index contributed by atoms with van der Waals surface area (Å²) in [5, 5.41) is 3.09. The van der Waals surface area contributed by atoms with Crippen molar-refractivity contribution in [2.45, 2.75) is 38.8 Å². The average molecular weight is 303 g/mol. The highest BCUT2D eigenvalue weighted by Crippen LogP contribution is 2.28. The fourth-order valence-corrected chi connectivity index (χ4v) is 2.93. The zero-order valence-electron chi connectivity index (χ0n) is 13.1. The second-order valence-electron chi connectivity index (χ2n) is 5.81. The van der Waals surface area contributed by atoms with Crippen molar-refractivity contribution in [3.8, 4) is 0 Å². The number of imidazole rings is 1. The number of carbonyl (C=O) groups excluding carboxylic acids is 1. The minimum absolute atomic E-state index is 0.0290. The molecule has 3 heterocycles. The second-order valence-corrected chi connectivity index (χ2v) is 5.81. The van der Waals surface area contributed by atoms with Crippen LogP contribution in [0.25, 0.3) is 0 Å². The van der Waals surface area contributed by atoms with Crippen LogP contribution >= 0.6 is 0 Å². The second kappa shape index (κ2) is 5.96. The first-order chi connectivity index (χ1) is 10.5. The molecular formula is C16H21N3O3. The topological polar surface area (TPSA) is 69.3 Å². The van der Waals surface area contributed by atoms with E-state index in [0.717, 1.165) is 24.3 Å². The molecule has 3 rings (SSSR count). The van der Waals surface area contributed by atoms with Crippen LogP contribution in [0, 0.1) is 13.8 Å². The third-order valence-electron chi connectivity index (χ3n) is 4.09. The molecule has 0 saturated carbocycles. The van der Waals surface area contributed by atoms with Gasteiger partial charge in [-0.2, -0.15) is 0 Å². The van der Waals surface area contributed by atoms with Gasteiger partial charge in [0.25, 0.3) is 5.91 Å². The van der Waals surface area contributed by atoms with Gasteiger partial charge < -0.3 is 19.0 Å². The molecule has 2 atom stereocenters. The highest BCUT2D eigenvalue weighted by molar-refractivity contribution is 5.95. The largest absolute Gasteiger partial charge is 0.466 e. The first-order valence-electron chi connectivity index (χ1n) is 7.50. The third kappa shape index (κ3) is 2.92. The predicted octanol–water partition coefficient (Wildman–Crippen LogP) is 2.28. The van der Waals surface area contributed by atoms with Crippen LogP contribution in [0.3, 0.4) is 0 Å². The number of carbonyl (C=O) groups is 1. The number of nitrogens with one attached hydrogen (secondary N) is 1. The van der Waals surface area contributed by atoms with Gasteiger partial charge in [0.15, 0.2) is 0 Å². The lowest BCUT2D eigenvalue weighted by atomic mass is 10.0. The molecule has 118 valence electrons. The van der Waals surface area contributed by atoms with Crippen molar-refractivity contribution in [2.75, 3.05) is 6.61 Å². The number of furan rings is 1. The maximum atomic E-state index is 12.4. The number of aryl methyl sites for hydroxylation is 3. The van der Waals surface area contributed by atoms with Crippen molar-refractivity contribution in [1.82, 2.24) is 14.9 Å². The van der Waals surface area contributed by atoms with Gasteiger partial charge in [0.2, 0.25) is 0 Å². The van der Waals surface area contributed by atoms with Gasteiger partial charge in [-0.3, -0.25) is 4.79 Å². The SMILES string of the molecule is Cc1cc(C(=O)N[C@@H]2CCO[C@@H](c3cncn3C)C2)c(C)o1. The Bertz CT molecular complexity index is 674. The van der Waals surface area contributed by atoms with Gasteiger partial charge in [-0.25, -0.2) is 4.98 Å². The molecule has 0 aliphatic carbocycles. The van der Waals surface area contributed by atoms with Crippen molar-refractivity contribution in [3.63, 3.8) is 0 Å². The van der Waals surface area contributed by atoms with E-state index in [9.17, 15) is 4.79 Å². The molecule has 1 aliphatic heterocycles. The quantitative estimate of drug-likeness (QED) is 0.944. The van der Waals surface area contributed by atoms with Gasteiger partial charge in [0.05, 0.1) is 23.8 Å². The lowest BCUT2D eigenvalue weighted by molar-refractivity contribution is -0.00302. The van der Waals surface area contributed by atoms with E-state index in [1.165, 1.54) is 0 Å². The number of rotatable bonds is 3. The molecule has 0 spiro atoms. The van der Waals surface area contributed by atoms with Crippen molar-refractivity contribution >= 4 is 5.91 Å². The lowest BCUT2D eigenvalue weighted by Gasteiger charge is -2.30. The van der Waals surface area contributed by atoms with Gasteiger partial charge in [0.1, 0.15) is 17.6 Å². The summed E-state index contributed by atoms with van der Waals surface area (Å²) >= 11 is 0. The fourth-order valence-electron chi connectivity index (χ4n) is 2.93. The number of hydrogen-bond donors (Lipinski definition) is 1. The van der Waals surface area contributed by atoms with Gasteiger partial charge >= 0.3 is 0 Å². The molecule has 1 amide bonds. The molecule has 2 aromatic heterocycles. The summed E-state index contributed by atoms with van der Waals surface area (Å²) < 4.78 is 13.2. The maximum absolute atomic E-state index is 12.4. The Morgan fingerprint density at radius 1 is 1.45 bits per heavy atom. The van der Waals surface area contributed by atoms with Crippen LogP contribution in [0.15, 0.2) is 23.0 Å². The van der Waals surface area contributed by atoms with E-state index in [0.29, 0.717) is 17.9 Å². The first kappa shape index (κ1) is 14.8. The summed E-state index contributed by atoms with van der Waals surface area (Å²) in [4.78, 5) is 16.5. The van der Waals surface area contributed by atoms with E-state index in [2.05, 4.69) is 10.3 Å². The molecule has 0 unspecified atom stereocenters. The summed E-state index contributed by atoms with van der Waals surface area (Å²) in [6.07, 6.45) is 5.12. The van der Waals surface area contributed by atoms with E-state index >= 15 is 0 Å². The Morgan fingerprint density at radius 2 is 2.27 bits per heavy atom. The minimum atomic E-state index is -0.0787. The fraction of sp³-hybridized carbons (Fsp3) is 0.500. The summed E-state index contributed by atoms with van der Waals surface area (Å²) in [7, 11) is 1.95. The van der Waals surface area contributed by atoms with Gasteiger partial charge in [-0.1, -0.05) is 0 Å². The van der Waals surface area contributed by atoms with Crippen molar-refractivity contribution in [1.29, 1.82) is 0 Å². The van der Waals surface area contributed by atoms with Crippen molar-refractivity contribution in [3.05, 3.63) is 41.4 Å². The van der Waals surface area contributed by atoms with Crippen LogP contribution < -0.4 is 5.32 Å². The zero-order chi connectivity index (χ0) is 15.7. The monoisotopic (exact) mass is 303 g/mol. The van der Waals surface area contributed by atoms with E-state index < -0.39 is 0 Å². The minimum Gasteiger partial charge on any atom is -0.466 e. The number of hydrogen-bond acceptors (Lipinski definition) is 4. The Hall–Kier alpha value is -2.08. The average Bonchev–Trinajstić information content (AvgIpc) is 3.04. The number of aromatic nitrogens is 2. The molecule has 1 N–H and O–H groups in total. The third-order valence-corrected chi connectivity index (χ3v) is 4.09. The molecule has 6 nitrogen and oxygen atoms in total. The van der Waals surface area contributed by atoms with E-state index in [1.807, 2.05) is 31.7 Å². The van der Waals surface area contributed by atoms with E-state index in [-0.39, 0.29) is 18.1 Å². The molecule has 2 aromatic rings. The molecule has 1 saturated heterocycles. The van der Waals surface area contributed by atoms with Gasteiger partial charge in [-0.15, -0.1) is 0 Å². The molecule has 6 heteroatoms. The first-order valence-corrected chi connectivity index (χ1v) is 7.50.